The normalized spacial score (nSPS) is 35.2. The summed E-state index contributed by atoms with van der Waals surface area (Å²) in [4.78, 5) is 18.2. The Balaban J connectivity index is 1.88. The zero-order valence-corrected chi connectivity index (χ0v) is 10.7. The zero-order chi connectivity index (χ0) is 13.0. The second-order valence-electron chi connectivity index (χ2n) is 5.22. The van der Waals surface area contributed by atoms with Crippen LogP contribution in [0.2, 0.25) is 0 Å². The number of ether oxygens (including phenoxy) is 1. The molecule has 1 amide bonds. The van der Waals surface area contributed by atoms with Crippen molar-refractivity contribution in [3.8, 4) is 0 Å². The Kier molecular flexibility index (Phi) is 2.17. The molecule has 0 aliphatic carbocycles. The molecule has 0 saturated carbocycles. The summed E-state index contributed by atoms with van der Waals surface area (Å²) in [5.74, 6) is -0.115. The van der Waals surface area contributed by atoms with Crippen LogP contribution >= 0.6 is 0 Å². The van der Waals surface area contributed by atoms with Crippen molar-refractivity contribution in [2.45, 2.75) is 31.8 Å². The van der Waals surface area contributed by atoms with E-state index in [4.69, 9.17) is 9.57 Å². The molecule has 4 heteroatoms. The number of amides is 1. The Morgan fingerprint density at radius 1 is 1.42 bits per heavy atom. The molecular weight excluding hydrogens is 242 g/mol. The highest BCUT2D eigenvalue weighted by Gasteiger charge is 2.57. The molecule has 1 saturated heterocycles. The van der Waals surface area contributed by atoms with Crippen molar-refractivity contribution in [2.24, 2.45) is 5.92 Å². The van der Waals surface area contributed by atoms with E-state index in [9.17, 15) is 4.79 Å². The van der Waals surface area contributed by atoms with E-state index in [-0.39, 0.29) is 17.9 Å². The van der Waals surface area contributed by atoms with E-state index in [1.54, 1.807) is 0 Å². The Labute approximate surface area is 111 Å². The number of carbonyl (C=O) groups excluding carboxylic acids is 1. The molecule has 1 aromatic rings. The van der Waals surface area contributed by atoms with Crippen LogP contribution in [0.15, 0.2) is 36.4 Å². The molecule has 2 bridgehead atoms. The highest BCUT2D eigenvalue weighted by Crippen LogP contribution is 2.48. The molecule has 1 aromatic carbocycles. The summed E-state index contributed by atoms with van der Waals surface area (Å²) >= 11 is 0. The van der Waals surface area contributed by atoms with E-state index in [1.807, 2.05) is 43.3 Å². The molecule has 98 valence electrons. The fourth-order valence-corrected chi connectivity index (χ4v) is 3.26. The number of hydrogen-bond acceptors (Lipinski definition) is 3. The van der Waals surface area contributed by atoms with Crippen LogP contribution in [0.25, 0.3) is 0 Å². The van der Waals surface area contributed by atoms with Gasteiger partial charge in [-0.25, -0.2) is 0 Å². The highest BCUT2D eigenvalue weighted by atomic mass is 16.7. The van der Waals surface area contributed by atoms with Crippen molar-refractivity contribution >= 4 is 5.91 Å². The molecule has 3 heterocycles. The van der Waals surface area contributed by atoms with Crippen molar-refractivity contribution < 1.29 is 14.4 Å². The number of fused-ring (bicyclic) bond motifs is 2. The predicted octanol–water partition coefficient (Wildman–Crippen LogP) is 2.11. The van der Waals surface area contributed by atoms with Gasteiger partial charge in [-0.2, -0.15) is 5.06 Å². The number of nitrogens with zero attached hydrogens (tertiary/aromatic N) is 1. The SMILES string of the molecule is CC[C@H]1C(=O)N2OCc3ccccc3[C@@]23C=C[C@@H]1O3. The summed E-state index contributed by atoms with van der Waals surface area (Å²) < 4.78 is 6.16. The van der Waals surface area contributed by atoms with Crippen LogP contribution in [0.4, 0.5) is 0 Å². The second kappa shape index (κ2) is 3.68. The summed E-state index contributed by atoms with van der Waals surface area (Å²) in [6.45, 7) is 2.42. The van der Waals surface area contributed by atoms with E-state index < -0.39 is 5.72 Å². The first-order valence-electron chi connectivity index (χ1n) is 6.69. The Bertz CT molecular complexity index is 583. The lowest BCUT2D eigenvalue weighted by Crippen LogP contribution is -2.59. The van der Waals surface area contributed by atoms with Crippen molar-refractivity contribution in [1.82, 2.24) is 5.06 Å². The van der Waals surface area contributed by atoms with E-state index in [0.29, 0.717) is 6.61 Å². The maximum absolute atomic E-state index is 12.5. The monoisotopic (exact) mass is 257 g/mol. The summed E-state index contributed by atoms with van der Waals surface area (Å²) in [5.41, 5.74) is 1.25. The Morgan fingerprint density at radius 2 is 2.26 bits per heavy atom. The van der Waals surface area contributed by atoms with Gasteiger partial charge in [0.15, 0.2) is 0 Å². The molecule has 19 heavy (non-hydrogen) atoms. The fraction of sp³-hybridized carbons (Fsp3) is 0.400. The number of hydrogen-bond donors (Lipinski definition) is 0. The third-order valence-electron chi connectivity index (χ3n) is 4.24. The molecule has 3 atom stereocenters. The third kappa shape index (κ3) is 1.28. The Hall–Kier alpha value is -1.65. The van der Waals surface area contributed by atoms with Crippen LogP contribution in [0.1, 0.15) is 24.5 Å². The van der Waals surface area contributed by atoms with Crippen molar-refractivity contribution in [3.63, 3.8) is 0 Å². The average Bonchev–Trinajstić information content (AvgIpc) is 2.81. The van der Waals surface area contributed by atoms with Crippen LogP contribution in [-0.2, 0) is 26.7 Å². The van der Waals surface area contributed by atoms with Crippen molar-refractivity contribution in [2.75, 3.05) is 0 Å². The lowest BCUT2D eigenvalue weighted by molar-refractivity contribution is -0.320. The van der Waals surface area contributed by atoms with Gasteiger partial charge in [-0.1, -0.05) is 37.3 Å². The quantitative estimate of drug-likeness (QED) is 0.723. The van der Waals surface area contributed by atoms with Gasteiger partial charge in [0.1, 0.15) is 6.61 Å². The van der Waals surface area contributed by atoms with Crippen LogP contribution in [0, 0.1) is 5.92 Å². The first-order valence-corrected chi connectivity index (χ1v) is 6.69. The number of benzene rings is 1. The first kappa shape index (κ1) is 11.2. The van der Waals surface area contributed by atoms with Crippen molar-refractivity contribution in [1.29, 1.82) is 0 Å². The third-order valence-corrected chi connectivity index (χ3v) is 4.24. The minimum absolute atomic E-state index is 0.0262. The van der Waals surface area contributed by atoms with E-state index >= 15 is 0 Å². The largest absolute Gasteiger partial charge is 0.338 e. The minimum Gasteiger partial charge on any atom is -0.338 e. The molecule has 3 aliphatic heterocycles. The number of rotatable bonds is 1. The van der Waals surface area contributed by atoms with Gasteiger partial charge in [0.2, 0.25) is 5.72 Å². The van der Waals surface area contributed by atoms with Gasteiger partial charge in [-0.05, 0) is 18.1 Å². The first-order chi connectivity index (χ1) is 9.26. The smallest absolute Gasteiger partial charge is 0.255 e. The van der Waals surface area contributed by atoms with Gasteiger partial charge in [-0.3, -0.25) is 9.63 Å². The summed E-state index contributed by atoms with van der Waals surface area (Å²) in [7, 11) is 0. The fourth-order valence-electron chi connectivity index (χ4n) is 3.26. The zero-order valence-electron chi connectivity index (χ0n) is 10.7. The molecule has 4 nitrogen and oxygen atoms in total. The molecule has 3 aliphatic rings. The standard InChI is InChI=1S/C15H15NO3/c1-2-11-13-7-8-15(19-13)12-6-4-3-5-10(12)9-18-16(15)14(11)17/h3-8,11,13H,2,9H2,1H3/t11-,13+,15+/m1/s1. The lowest BCUT2D eigenvalue weighted by Gasteiger charge is -2.48. The Morgan fingerprint density at radius 3 is 3.11 bits per heavy atom. The second-order valence-corrected chi connectivity index (χ2v) is 5.22. The van der Waals surface area contributed by atoms with Gasteiger partial charge in [-0.15, -0.1) is 0 Å². The van der Waals surface area contributed by atoms with Gasteiger partial charge < -0.3 is 4.74 Å². The van der Waals surface area contributed by atoms with E-state index in [2.05, 4.69) is 0 Å². The highest BCUT2D eigenvalue weighted by molar-refractivity contribution is 5.82. The molecule has 0 N–H and O–H groups in total. The minimum atomic E-state index is -0.845. The van der Waals surface area contributed by atoms with Gasteiger partial charge in [0.25, 0.3) is 5.91 Å². The number of hydroxylamine groups is 2. The van der Waals surface area contributed by atoms with Crippen LogP contribution in [-0.4, -0.2) is 17.1 Å². The molecule has 0 aromatic heterocycles. The summed E-state index contributed by atoms with van der Waals surface area (Å²) in [5, 5.41) is 1.43. The van der Waals surface area contributed by atoms with Crippen LogP contribution in [0.3, 0.4) is 0 Å². The summed E-state index contributed by atoms with van der Waals surface area (Å²) in [6.07, 6.45) is 4.58. The van der Waals surface area contributed by atoms with Gasteiger partial charge in [0.05, 0.1) is 12.0 Å². The summed E-state index contributed by atoms with van der Waals surface area (Å²) in [6, 6.07) is 7.97. The number of carbonyl (C=O) groups is 1. The van der Waals surface area contributed by atoms with Gasteiger partial charge in [0, 0.05) is 5.56 Å². The maximum Gasteiger partial charge on any atom is 0.255 e. The van der Waals surface area contributed by atoms with Crippen molar-refractivity contribution in [3.05, 3.63) is 47.5 Å². The molecule has 4 rings (SSSR count). The molecule has 1 spiro atoms. The molecule has 1 fully saturated rings. The van der Waals surface area contributed by atoms with Gasteiger partial charge >= 0.3 is 0 Å². The average molecular weight is 257 g/mol. The maximum atomic E-state index is 12.5. The topological polar surface area (TPSA) is 38.8 Å². The van der Waals surface area contributed by atoms with E-state index in [0.717, 1.165) is 17.5 Å². The predicted molar refractivity (Wildman–Crippen MR) is 67.5 cm³/mol. The lowest BCUT2D eigenvalue weighted by atomic mass is 9.93. The molecule has 0 unspecified atom stereocenters. The molecule has 0 radical (unpaired) electrons. The molecular formula is C15H15NO3. The van der Waals surface area contributed by atoms with E-state index in [1.165, 1.54) is 5.06 Å². The van der Waals surface area contributed by atoms with Crippen LogP contribution < -0.4 is 0 Å². The van der Waals surface area contributed by atoms with Crippen LogP contribution in [0.5, 0.6) is 0 Å².